The summed E-state index contributed by atoms with van der Waals surface area (Å²) in [6.45, 7) is 7.08. The second-order valence-electron chi connectivity index (χ2n) is 6.60. The number of aromatic nitrogens is 1. The first-order valence-corrected chi connectivity index (χ1v) is 9.22. The maximum atomic E-state index is 12.9. The number of hydrogen-bond donors (Lipinski definition) is 0. The van der Waals surface area contributed by atoms with Gasteiger partial charge < -0.3 is 9.80 Å². The predicted octanol–water partition coefficient (Wildman–Crippen LogP) is 1.76. The summed E-state index contributed by atoms with van der Waals surface area (Å²) in [7, 11) is 1.74. The summed E-state index contributed by atoms with van der Waals surface area (Å²) >= 11 is 0. The summed E-state index contributed by atoms with van der Waals surface area (Å²) in [6, 6.07) is 3.84. The van der Waals surface area contributed by atoms with Crippen molar-refractivity contribution in [3.05, 3.63) is 30.1 Å². The quantitative estimate of drug-likeness (QED) is 0.755. The lowest BCUT2D eigenvalue weighted by molar-refractivity contribution is -0.143. The van der Waals surface area contributed by atoms with Crippen LogP contribution in [0.15, 0.2) is 24.5 Å². The van der Waals surface area contributed by atoms with Crippen molar-refractivity contribution < 1.29 is 9.59 Å². The average molecular weight is 346 g/mol. The summed E-state index contributed by atoms with van der Waals surface area (Å²) in [5.41, 5.74) is 1.16. The van der Waals surface area contributed by atoms with E-state index in [4.69, 9.17) is 0 Å². The summed E-state index contributed by atoms with van der Waals surface area (Å²) in [4.78, 5) is 34.9. The van der Waals surface area contributed by atoms with Gasteiger partial charge in [-0.2, -0.15) is 0 Å². The van der Waals surface area contributed by atoms with E-state index >= 15 is 0 Å². The Morgan fingerprint density at radius 2 is 1.88 bits per heavy atom. The molecule has 2 amide bonds. The van der Waals surface area contributed by atoms with E-state index in [0.717, 1.165) is 37.9 Å². The molecule has 1 aliphatic rings. The van der Waals surface area contributed by atoms with Crippen LogP contribution in [-0.4, -0.2) is 70.8 Å². The van der Waals surface area contributed by atoms with E-state index in [1.54, 1.807) is 29.2 Å². The van der Waals surface area contributed by atoms with Crippen molar-refractivity contribution in [3.8, 4) is 0 Å². The first kappa shape index (κ1) is 19.4. The molecule has 6 nitrogen and oxygen atoms in total. The van der Waals surface area contributed by atoms with Crippen LogP contribution in [-0.2, 0) is 16.1 Å². The zero-order valence-corrected chi connectivity index (χ0v) is 15.6. The second-order valence-corrected chi connectivity index (χ2v) is 6.60. The minimum Gasteiger partial charge on any atom is -0.342 e. The number of pyridine rings is 1. The molecule has 1 aliphatic heterocycles. The number of carbonyl (C=O) groups excluding carboxylic acids is 2. The van der Waals surface area contributed by atoms with Gasteiger partial charge in [0.1, 0.15) is 0 Å². The molecule has 25 heavy (non-hydrogen) atoms. The molecule has 2 heterocycles. The lowest BCUT2D eigenvalue weighted by Gasteiger charge is -2.37. The van der Waals surface area contributed by atoms with Crippen LogP contribution in [0.25, 0.3) is 0 Å². The van der Waals surface area contributed by atoms with Gasteiger partial charge in [-0.05, 0) is 50.9 Å². The fourth-order valence-corrected chi connectivity index (χ4v) is 3.39. The minimum absolute atomic E-state index is 0.0114. The smallest absolute Gasteiger partial charge is 0.242 e. The third kappa shape index (κ3) is 5.26. The highest BCUT2D eigenvalue weighted by Gasteiger charge is 2.31. The summed E-state index contributed by atoms with van der Waals surface area (Å²) in [6.07, 6.45) is 6.59. The fraction of sp³-hybridized carbons (Fsp3) is 0.632. The van der Waals surface area contributed by atoms with Gasteiger partial charge in [0.2, 0.25) is 11.8 Å². The van der Waals surface area contributed by atoms with Crippen molar-refractivity contribution in [2.45, 2.75) is 45.7 Å². The Hall–Kier alpha value is -1.95. The molecule has 1 saturated heterocycles. The molecule has 0 saturated carbocycles. The lowest BCUT2D eigenvalue weighted by Crippen LogP contribution is -2.51. The molecule has 0 aromatic carbocycles. The van der Waals surface area contributed by atoms with E-state index in [0.29, 0.717) is 13.1 Å². The molecule has 2 rings (SSSR count). The Labute approximate surface area is 150 Å². The Morgan fingerprint density at radius 1 is 1.20 bits per heavy atom. The Morgan fingerprint density at radius 3 is 2.52 bits per heavy atom. The number of likely N-dealkylation sites (tertiary alicyclic amines) is 1. The highest BCUT2D eigenvalue weighted by Crippen LogP contribution is 2.21. The zero-order chi connectivity index (χ0) is 18.2. The van der Waals surface area contributed by atoms with Gasteiger partial charge in [-0.15, -0.1) is 0 Å². The SMILES string of the molecule is CCN(CC)C(=O)CN(C)C(=O)C1CCCCN1Cc1ccncc1. The van der Waals surface area contributed by atoms with Crippen LogP contribution in [0.1, 0.15) is 38.7 Å². The predicted molar refractivity (Wildman–Crippen MR) is 97.9 cm³/mol. The monoisotopic (exact) mass is 346 g/mol. The van der Waals surface area contributed by atoms with Crippen LogP contribution in [0, 0.1) is 0 Å². The number of nitrogens with zero attached hydrogens (tertiary/aromatic N) is 4. The summed E-state index contributed by atoms with van der Waals surface area (Å²) in [5.74, 6) is 0.0617. The van der Waals surface area contributed by atoms with E-state index in [2.05, 4.69) is 9.88 Å². The summed E-state index contributed by atoms with van der Waals surface area (Å²) < 4.78 is 0. The van der Waals surface area contributed by atoms with Crippen molar-refractivity contribution in [3.63, 3.8) is 0 Å². The Bertz CT molecular complexity index is 560. The number of piperidine rings is 1. The topological polar surface area (TPSA) is 56.8 Å². The molecule has 1 unspecified atom stereocenters. The molecule has 1 fully saturated rings. The van der Waals surface area contributed by atoms with E-state index in [9.17, 15) is 9.59 Å². The molecule has 0 bridgehead atoms. The normalized spacial score (nSPS) is 18.0. The number of hydrogen-bond acceptors (Lipinski definition) is 4. The maximum absolute atomic E-state index is 12.9. The first-order valence-electron chi connectivity index (χ1n) is 9.22. The number of carbonyl (C=O) groups is 2. The zero-order valence-electron chi connectivity index (χ0n) is 15.6. The molecule has 1 aromatic rings. The third-order valence-corrected chi connectivity index (χ3v) is 4.90. The first-order chi connectivity index (χ1) is 12.1. The van der Waals surface area contributed by atoms with Gasteiger partial charge >= 0.3 is 0 Å². The van der Waals surface area contributed by atoms with Crippen LogP contribution in [0.3, 0.4) is 0 Å². The van der Waals surface area contributed by atoms with Gasteiger partial charge in [0, 0.05) is 39.1 Å². The third-order valence-electron chi connectivity index (χ3n) is 4.90. The van der Waals surface area contributed by atoms with E-state index in [1.807, 2.05) is 26.0 Å². The van der Waals surface area contributed by atoms with E-state index in [1.165, 1.54) is 0 Å². The second kappa shape index (κ2) is 9.51. The fourth-order valence-electron chi connectivity index (χ4n) is 3.39. The average Bonchev–Trinajstić information content (AvgIpc) is 2.63. The van der Waals surface area contributed by atoms with E-state index in [-0.39, 0.29) is 24.4 Å². The van der Waals surface area contributed by atoms with Gasteiger partial charge in [0.25, 0.3) is 0 Å². The highest BCUT2D eigenvalue weighted by atomic mass is 16.2. The molecule has 0 radical (unpaired) electrons. The number of likely N-dealkylation sites (N-methyl/N-ethyl adjacent to an activating group) is 2. The van der Waals surface area contributed by atoms with Crippen molar-refractivity contribution >= 4 is 11.8 Å². The molecule has 1 aromatic heterocycles. The van der Waals surface area contributed by atoms with Crippen LogP contribution < -0.4 is 0 Å². The van der Waals surface area contributed by atoms with Gasteiger partial charge in [-0.3, -0.25) is 19.5 Å². The van der Waals surface area contributed by atoms with Crippen molar-refractivity contribution in [1.29, 1.82) is 0 Å². The molecule has 138 valence electrons. The van der Waals surface area contributed by atoms with E-state index < -0.39 is 0 Å². The largest absolute Gasteiger partial charge is 0.342 e. The molecular formula is C19H30N4O2. The Balaban J connectivity index is 2.00. The Kier molecular flexibility index (Phi) is 7.37. The van der Waals surface area contributed by atoms with Crippen molar-refractivity contribution in [2.75, 3.05) is 33.2 Å². The van der Waals surface area contributed by atoms with Gasteiger partial charge in [-0.25, -0.2) is 0 Å². The van der Waals surface area contributed by atoms with Crippen molar-refractivity contribution in [2.24, 2.45) is 0 Å². The number of amides is 2. The van der Waals surface area contributed by atoms with Gasteiger partial charge in [-0.1, -0.05) is 6.42 Å². The van der Waals surface area contributed by atoms with Crippen LogP contribution in [0.4, 0.5) is 0 Å². The molecule has 1 atom stereocenters. The summed E-state index contributed by atoms with van der Waals surface area (Å²) in [5, 5.41) is 0. The molecule has 0 spiro atoms. The van der Waals surface area contributed by atoms with Crippen molar-refractivity contribution in [1.82, 2.24) is 19.7 Å². The molecule has 0 aliphatic carbocycles. The standard InChI is InChI=1S/C19H30N4O2/c1-4-22(5-2)18(24)15-21(3)19(25)17-8-6-7-13-23(17)14-16-9-11-20-12-10-16/h9-12,17H,4-8,13-15H2,1-3H3. The van der Waals surface area contributed by atoms with Crippen LogP contribution in [0.5, 0.6) is 0 Å². The van der Waals surface area contributed by atoms with Crippen LogP contribution >= 0.6 is 0 Å². The molecular weight excluding hydrogens is 316 g/mol. The molecule has 6 heteroatoms. The number of rotatable bonds is 7. The lowest BCUT2D eigenvalue weighted by atomic mass is 10.00. The molecule has 0 N–H and O–H groups in total. The van der Waals surface area contributed by atoms with Gasteiger partial charge in [0.15, 0.2) is 0 Å². The highest BCUT2D eigenvalue weighted by molar-refractivity contribution is 5.87. The van der Waals surface area contributed by atoms with Crippen LogP contribution in [0.2, 0.25) is 0 Å². The minimum atomic E-state index is -0.142. The van der Waals surface area contributed by atoms with Gasteiger partial charge in [0.05, 0.1) is 12.6 Å². The maximum Gasteiger partial charge on any atom is 0.242 e.